The lowest BCUT2D eigenvalue weighted by atomic mass is 10.1. The molecule has 5 nitrogen and oxygen atoms in total. The minimum absolute atomic E-state index is 0.0217. The Labute approximate surface area is 129 Å². The summed E-state index contributed by atoms with van der Waals surface area (Å²) < 4.78 is 17.9. The number of benzene rings is 1. The van der Waals surface area contributed by atoms with E-state index in [1.807, 2.05) is 0 Å². The third kappa shape index (κ3) is 4.19. The summed E-state index contributed by atoms with van der Waals surface area (Å²) in [4.78, 5) is 25.1. The fraction of sp³-hybridized carbons (Fsp3) is 0.500. The van der Waals surface area contributed by atoms with Crippen LogP contribution >= 0.6 is 0 Å². The van der Waals surface area contributed by atoms with Crippen LogP contribution in [0.5, 0.6) is 0 Å². The van der Waals surface area contributed by atoms with Gasteiger partial charge in [-0.1, -0.05) is 12.1 Å². The van der Waals surface area contributed by atoms with E-state index in [0.717, 1.165) is 18.4 Å². The molecule has 1 aromatic rings. The Balaban J connectivity index is 1.83. The number of carbonyl (C=O) groups excluding carboxylic acids is 2. The van der Waals surface area contributed by atoms with Crippen LogP contribution in [0.1, 0.15) is 24.8 Å². The summed E-state index contributed by atoms with van der Waals surface area (Å²) in [5.41, 5.74) is 0.733. The summed E-state index contributed by atoms with van der Waals surface area (Å²) in [6, 6.07) is 5.93. The van der Waals surface area contributed by atoms with E-state index < -0.39 is 0 Å². The Morgan fingerprint density at radius 3 is 2.86 bits per heavy atom. The molecule has 0 saturated heterocycles. The molecule has 0 bridgehead atoms. The van der Waals surface area contributed by atoms with Crippen molar-refractivity contribution in [2.24, 2.45) is 5.92 Å². The molecule has 0 aliphatic heterocycles. The standard InChI is InChI=1S/C16H21FN2O3/c1-19(10-11-4-3-5-13(17)8-11)16(21)18-14-7-6-12(9-14)15(20)22-2/h3-5,8,12,14H,6-7,9-10H2,1-2H3,(H,18,21)/t12-,14+/m0/s1. The number of nitrogens with one attached hydrogen (secondary N) is 1. The SMILES string of the molecule is COC(=O)[C@H]1CC[C@@H](NC(=O)N(C)Cc2cccc(F)c2)C1. The topological polar surface area (TPSA) is 58.6 Å². The quantitative estimate of drug-likeness (QED) is 0.868. The summed E-state index contributed by atoms with van der Waals surface area (Å²) in [6.07, 6.45) is 2.09. The number of carbonyl (C=O) groups is 2. The molecule has 1 saturated carbocycles. The molecule has 1 aliphatic rings. The zero-order valence-corrected chi connectivity index (χ0v) is 12.8. The second kappa shape index (κ2) is 7.24. The van der Waals surface area contributed by atoms with Crippen LogP contribution in [0, 0.1) is 11.7 Å². The Morgan fingerprint density at radius 1 is 1.41 bits per heavy atom. The first-order valence-electron chi connectivity index (χ1n) is 7.33. The van der Waals surface area contributed by atoms with Gasteiger partial charge in [0.15, 0.2) is 0 Å². The molecule has 1 aromatic carbocycles. The Hall–Kier alpha value is -2.11. The third-order valence-corrected chi connectivity index (χ3v) is 3.95. The van der Waals surface area contributed by atoms with Crippen LogP contribution in [0.4, 0.5) is 9.18 Å². The number of urea groups is 1. The number of methoxy groups -OCH3 is 1. The van der Waals surface area contributed by atoms with Gasteiger partial charge in [-0.3, -0.25) is 4.79 Å². The van der Waals surface area contributed by atoms with E-state index in [4.69, 9.17) is 4.74 Å². The van der Waals surface area contributed by atoms with Crippen LogP contribution in [0.15, 0.2) is 24.3 Å². The van der Waals surface area contributed by atoms with Gasteiger partial charge in [-0.05, 0) is 37.0 Å². The van der Waals surface area contributed by atoms with Crippen molar-refractivity contribution in [1.82, 2.24) is 10.2 Å². The highest BCUT2D eigenvalue weighted by atomic mass is 19.1. The second-order valence-corrected chi connectivity index (χ2v) is 5.67. The maximum atomic E-state index is 13.1. The molecular weight excluding hydrogens is 287 g/mol. The van der Waals surface area contributed by atoms with E-state index in [1.165, 1.54) is 24.1 Å². The first-order chi connectivity index (χ1) is 10.5. The van der Waals surface area contributed by atoms with E-state index in [9.17, 15) is 14.0 Å². The van der Waals surface area contributed by atoms with Gasteiger partial charge in [0.25, 0.3) is 0 Å². The van der Waals surface area contributed by atoms with Gasteiger partial charge in [-0.2, -0.15) is 0 Å². The molecule has 1 aliphatic carbocycles. The normalized spacial score (nSPS) is 20.5. The van der Waals surface area contributed by atoms with E-state index in [1.54, 1.807) is 19.2 Å². The summed E-state index contributed by atoms with van der Waals surface area (Å²) >= 11 is 0. The molecule has 0 aromatic heterocycles. The van der Waals surface area contributed by atoms with Gasteiger partial charge < -0.3 is 15.0 Å². The first-order valence-corrected chi connectivity index (χ1v) is 7.33. The van der Waals surface area contributed by atoms with Crippen molar-refractivity contribution in [3.63, 3.8) is 0 Å². The van der Waals surface area contributed by atoms with Crippen molar-refractivity contribution in [2.75, 3.05) is 14.2 Å². The monoisotopic (exact) mass is 308 g/mol. The van der Waals surface area contributed by atoms with Gasteiger partial charge >= 0.3 is 12.0 Å². The number of rotatable bonds is 4. The van der Waals surface area contributed by atoms with Gasteiger partial charge in [0.05, 0.1) is 13.0 Å². The smallest absolute Gasteiger partial charge is 0.317 e. The minimum atomic E-state index is -0.317. The number of nitrogens with zero attached hydrogens (tertiary/aromatic N) is 1. The fourth-order valence-electron chi connectivity index (χ4n) is 2.76. The van der Waals surface area contributed by atoms with E-state index >= 15 is 0 Å². The number of hydrogen-bond donors (Lipinski definition) is 1. The molecule has 2 amide bonds. The van der Waals surface area contributed by atoms with Crippen LogP contribution in [0.2, 0.25) is 0 Å². The molecule has 1 N–H and O–H groups in total. The maximum absolute atomic E-state index is 13.1. The second-order valence-electron chi connectivity index (χ2n) is 5.67. The first kappa shape index (κ1) is 16.3. The molecule has 0 unspecified atom stereocenters. The molecule has 0 heterocycles. The lowest BCUT2D eigenvalue weighted by molar-refractivity contribution is -0.145. The van der Waals surface area contributed by atoms with Crippen LogP contribution in [0.25, 0.3) is 0 Å². The Morgan fingerprint density at radius 2 is 2.18 bits per heavy atom. The molecule has 1 fully saturated rings. The van der Waals surface area contributed by atoms with E-state index in [0.29, 0.717) is 13.0 Å². The van der Waals surface area contributed by atoms with Crippen molar-refractivity contribution in [1.29, 1.82) is 0 Å². The summed E-state index contributed by atoms with van der Waals surface area (Å²) in [7, 11) is 3.04. The minimum Gasteiger partial charge on any atom is -0.469 e. The lowest BCUT2D eigenvalue weighted by Gasteiger charge is -2.21. The van der Waals surface area contributed by atoms with Gasteiger partial charge in [0.1, 0.15) is 5.82 Å². The largest absolute Gasteiger partial charge is 0.469 e. The molecular formula is C16H21FN2O3. The number of hydrogen-bond acceptors (Lipinski definition) is 3. The molecule has 2 atom stereocenters. The fourth-order valence-corrected chi connectivity index (χ4v) is 2.76. The molecule has 120 valence electrons. The molecule has 22 heavy (non-hydrogen) atoms. The van der Waals surface area contributed by atoms with Crippen LogP contribution < -0.4 is 5.32 Å². The average molecular weight is 308 g/mol. The predicted molar refractivity (Wildman–Crippen MR) is 79.5 cm³/mol. The Bertz CT molecular complexity index is 550. The van der Waals surface area contributed by atoms with Gasteiger partial charge in [-0.25, -0.2) is 9.18 Å². The summed E-state index contributed by atoms with van der Waals surface area (Å²) in [5.74, 6) is -0.670. The maximum Gasteiger partial charge on any atom is 0.317 e. The van der Waals surface area contributed by atoms with E-state index in [-0.39, 0.29) is 29.8 Å². The van der Waals surface area contributed by atoms with Gasteiger partial charge in [0, 0.05) is 19.6 Å². The molecule has 0 spiro atoms. The Kier molecular flexibility index (Phi) is 5.35. The third-order valence-electron chi connectivity index (χ3n) is 3.95. The summed E-state index contributed by atoms with van der Waals surface area (Å²) in [6.45, 7) is 0.330. The van der Waals surface area contributed by atoms with Crippen molar-refractivity contribution in [2.45, 2.75) is 31.8 Å². The number of esters is 1. The number of halogens is 1. The molecule has 2 rings (SSSR count). The van der Waals surface area contributed by atoms with Gasteiger partial charge in [-0.15, -0.1) is 0 Å². The van der Waals surface area contributed by atoms with Crippen LogP contribution in [-0.2, 0) is 16.1 Å². The van der Waals surface area contributed by atoms with Crippen molar-refractivity contribution in [3.05, 3.63) is 35.6 Å². The summed E-state index contributed by atoms with van der Waals surface area (Å²) in [5, 5.41) is 2.91. The highest BCUT2D eigenvalue weighted by Gasteiger charge is 2.31. The highest BCUT2D eigenvalue weighted by Crippen LogP contribution is 2.26. The van der Waals surface area contributed by atoms with Crippen LogP contribution in [-0.4, -0.2) is 37.1 Å². The van der Waals surface area contributed by atoms with E-state index in [2.05, 4.69) is 5.32 Å². The molecule has 0 radical (unpaired) electrons. The average Bonchev–Trinajstić information content (AvgIpc) is 2.95. The van der Waals surface area contributed by atoms with Crippen molar-refractivity contribution < 1.29 is 18.7 Å². The zero-order valence-electron chi connectivity index (χ0n) is 12.8. The zero-order chi connectivity index (χ0) is 16.1. The van der Waals surface area contributed by atoms with Crippen LogP contribution in [0.3, 0.4) is 0 Å². The predicted octanol–water partition coefficient (Wildman–Crippen LogP) is 2.31. The van der Waals surface area contributed by atoms with Crippen molar-refractivity contribution >= 4 is 12.0 Å². The van der Waals surface area contributed by atoms with Crippen molar-refractivity contribution in [3.8, 4) is 0 Å². The van der Waals surface area contributed by atoms with Gasteiger partial charge in [0.2, 0.25) is 0 Å². The number of amides is 2. The molecule has 6 heteroatoms. The lowest BCUT2D eigenvalue weighted by Crippen LogP contribution is -2.42. The highest BCUT2D eigenvalue weighted by molar-refractivity contribution is 5.75. The number of ether oxygens (including phenoxy) is 1.